The Morgan fingerprint density at radius 3 is 2.35 bits per heavy atom. The molecule has 20 heavy (non-hydrogen) atoms. The molecule has 2 aliphatic rings. The number of hydrogen-bond donors (Lipinski definition) is 1. The smallest absolute Gasteiger partial charge is 0.433 e. The lowest BCUT2D eigenvalue weighted by atomic mass is 10.2. The van der Waals surface area contributed by atoms with Crippen LogP contribution in [0.25, 0.3) is 0 Å². The molecule has 8 heteroatoms. The van der Waals surface area contributed by atoms with E-state index in [4.69, 9.17) is 0 Å². The molecular formula is C12H12F3N3OS. The third kappa shape index (κ3) is 2.56. The number of rotatable bonds is 2. The Hall–Kier alpha value is -1.09. The van der Waals surface area contributed by atoms with E-state index in [-0.39, 0.29) is 0 Å². The van der Waals surface area contributed by atoms with Gasteiger partial charge in [-0.15, -0.1) is 4.31 Å². The van der Waals surface area contributed by atoms with E-state index in [1.54, 1.807) is 4.31 Å². The van der Waals surface area contributed by atoms with Crippen molar-refractivity contribution >= 4 is 11.4 Å². The molecule has 4 nitrogen and oxygen atoms in total. The predicted octanol–water partition coefficient (Wildman–Crippen LogP) is 1.34. The van der Waals surface area contributed by atoms with Crippen molar-refractivity contribution in [3.63, 3.8) is 0 Å². The van der Waals surface area contributed by atoms with E-state index in [0.717, 1.165) is 25.4 Å². The Morgan fingerprint density at radius 1 is 1.20 bits per heavy atom. The van der Waals surface area contributed by atoms with Gasteiger partial charge in [-0.1, -0.05) is 0 Å². The van der Waals surface area contributed by atoms with Crippen LogP contribution < -0.4 is 5.32 Å². The van der Waals surface area contributed by atoms with Crippen molar-refractivity contribution < 1.29 is 17.7 Å². The molecule has 0 saturated carbocycles. The Kier molecular flexibility index (Phi) is 3.49. The van der Waals surface area contributed by atoms with E-state index >= 15 is 0 Å². The summed E-state index contributed by atoms with van der Waals surface area (Å²) in [7, 11) is 0. The van der Waals surface area contributed by atoms with Gasteiger partial charge in [-0.2, -0.15) is 13.2 Å². The molecule has 1 N–H and O–H groups in total. The molecule has 108 valence electrons. The van der Waals surface area contributed by atoms with Gasteiger partial charge in [-0.05, 0) is 23.3 Å². The third-order valence-corrected chi connectivity index (χ3v) is 4.75. The summed E-state index contributed by atoms with van der Waals surface area (Å²) >= 11 is -1.47. The first-order valence-corrected chi connectivity index (χ1v) is 7.16. The van der Waals surface area contributed by atoms with Crippen LogP contribution in [0.5, 0.6) is 0 Å². The SMILES string of the molecule is [O-][S+](c1ccc(C(F)(F)F)nc1)N1CC2=C(CNC2)C1. The van der Waals surface area contributed by atoms with Crippen LogP contribution in [0.1, 0.15) is 5.69 Å². The Balaban J connectivity index is 1.71. The second-order valence-corrected chi connectivity index (χ2v) is 6.22. The van der Waals surface area contributed by atoms with Gasteiger partial charge in [0.05, 0.1) is 30.6 Å². The van der Waals surface area contributed by atoms with Crippen LogP contribution in [0.4, 0.5) is 13.2 Å². The van der Waals surface area contributed by atoms with E-state index in [1.165, 1.54) is 17.2 Å². The monoisotopic (exact) mass is 303 g/mol. The number of aromatic nitrogens is 1. The van der Waals surface area contributed by atoms with Gasteiger partial charge in [0.2, 0.25) is 0 Å². The Morgan fingerprint density at radius 2 is 1.85 bits per heavy atom. The van der Waals surface area contributed by atoms with E-state index < -0.39 is 23.2 Å². The molecule has 3 rings (SSSR count). The van der Waals surface area contributed by atoms with Gasteiger partial charge in [-0.3, -0.25) is 0 Å². The maximum Gasteiger partial charge on any atom is 0.433 e. The van der Waals surface area contributed by atoms with E-state index in [2.05, 4.69) is 10.3 Å². The number of nitrogens with zero attached hydrogens (tertiary/aromatic N) is 2. The van der Waals surface area contributed by atoms with Gasteiger partial charge < -0.3 is 9.87 Å². The highest BCUT2D eigenvalue weighted by Gasteiger charge is 2.35. The topological polar surface area (TPSA) is 51.2 Å². The fraction of sp³-hybridized carbons (Fsp3) is 0.417. The number of halogens is 3. The molecule has 0 aromatic carbocycles. The molecular weight excluding hydrogens is 291 g/mol. The van der Waals surface area contributed by atoms with Gasteiger partial charge in [0.15, 0.2) is 4.90 Å². The molecule has 0 bridgehead atoms. The molecule has 3 heterocycles. The fourth-order valence-corrected chi connectivity index (χ4v) is 3.52. The molecule has 1 atom stereocenters. The predicted molar refractivity (Wildman–Crippen MR) is 67.1 cm³/mol. The normalized spacial score (nSPS) is 21.4. The second kappa shape index (κ2) is 5.03. The Bertz CT molecular complexity index is 528. The fourth-order valence-electron chi connectivity index (χ4n) is 2.35. The molecule has 1 aromatic rings. The maximum atomic E-state index is 12.4. The lowest BCUT2D eigenvalue weighted by Gasteiger charge is -2.20. The van der Waals surface area contributed by atoms with E-state index in [0.29, 0.717) is 18.0 Å². The average molecular weight is 303 g/mol. The summed E-state index contributed by atoms with van der Waals surface area (Å²) in [6.07, 6.45) is -3.43. The van der Waals surface area contributed by atoms with Crippen LogP contribution in [0, 0.1) is 0 Å². The minimum Gasteiger partial charge on any atom is -0.593 e. The van der Waals surface area contributed by atoms with E-state index in [1.807, 2.05) is 0 Å². The van der Waals surface area contributed by atoms with Gasteiger partial charge >= 0.3 is 6.18 Å². The zero-order chi connectivity index (χ0) is 14.3. The minimum atomic E-state index is -4.47. The van der Waals surface area contributed by atoms with Crippen molar-refractivity contribution in [1.82, 2.24) is 14.6 Å². The van der Waals surface area contributed by atoms with Crippen molar-refractivity contribution in [1.29, 1.82) is 0 Å². The Labute approximate surface area is 117 Å². The zero-order valence-electron chi connectivity index (χ0n) is 10.4. The maximum absolute atomic E-state index is 12.4. The molecule has 2 aliphatic heterocycles. The number of pyridine rings is 1. The van der Waals surface area contributed by atoms with Crippen LogP contribution in [0.2, 0.25) is 0 Å². The van der Waals surface area contributed by atoms with Crippen LogP contribution in [-0.4, -0.2) is 40.0 Å². The molecule has 0 aliphatic carbocycles. The van der Waals surface area contributed by atoms with Crippen LogP contribution in [0.3, 0.4) is 0 Å². The van der Waals surface area contributed by atoms with Crippen LogP contribution in [-0.2, 0) is 17.5 Å². The van der Waals surface area contributed by atoms with Crippen molar-refractivity contribution in [3.05, 3.63) is 35.2 Å². The summed E-state index contributed by atoms with van der Waals surface area (Å²) in [4.78, 5) is 3.64. The van der Waals surface area contributed by atoms with E-state index in [9.17, 15) is 17.7 Å². The summed E-state index contributed by atoms with van der Waals surface area (Å²) < 4.78 is 51.3. The average Bonchev–Trinajstić information content (AvgIpc) is 2.97. The highest BCUT2D eigenvalue weighted by atomic mass is 32.2. The number of nitrogens with one attached hydrogen (secondary N) is 1. The third-order valence-electron chi connectivity index (χ3n) is 3.37. The van der Waals surface area contributed by atoms with Crippen LogP contribution >= 0.6 is 0 Å². The molecule has 0 radical (unpaired) electrons. The molecule has 0 amide bonds. The highest BCUT2D eigenvalue weighted by Crippen LogP contribution is 2.30. The first-order valence-electron chi connectivity index (χ1n) is 6.06. The molecule has 0 saturated heterocycles. The largest absolute Gasteiger partial charge is 0.593 e. The summed E-state index contributed by atoms with van der Waals surface area (Å²) in [6.45, 7) is 2.79. The molecule has 0 fully saturated rings. The molecule has 0 spiro atoms. The number of hydrogen-bond acceptors (Lipinski definition) is 4. The molecule has 1 aromatic heterocycles. The standard InChI is InChI=1S/C12H12F3N3OS/c13-12(14,15)11-2-1-10(5-17-11)20(19)18-6-8-3-16-4-9(8)7-18/h1-2,5,16H,3-4,6-7H2. The second-order valence-electron chi connectivity index (χ2n) is 4.73. The number of alkyl halides is 3. The molecule has 1 unspecified atom stereocenters. The zero-order valence-corrected chi connectivity index (χ0v) is 11.2. The minimum absolute atomic E-state index is 0.298. The first-order chi connectivity index (χ1) is 9.45. The van der Waals surface area contributed by atoms with Crippen molar-refractivity contribution in [2.75, 3.05) is 26.2 Å². The quantitative estimate of drug-likeness (QED) is 0.662. The highest BCUT2D eigenvalue weighted by molar-refractivity contribution is 7.89. The van der Waals surface area contributed by atoms with Crippen molar-refractivity contribution in [2.45, 2.75) is 11.1 Å². The van der Waals surface area contributed by atoms with Gasteiger partial charge in [-0.25, -0.2) is 4.98 Å². The lowest BCUT2D eigenvalue weighted by Crippen LogP contribution is -2.32. The van der Waals surface area contributed by atoms with Gasteiger partial charge in [0, 0.05) is 13.1 Å². The summed E-state index contributed by atoms with van der Waals surface area (Å²) in [6, 6.07) is 2.10. The lowest BCUT2D eigenvalue weighted by molar-refractivity contribution is -0.141. The van der Waals surface area contributed by atoms with Gasteiger partial charge in [0.25, 0.3) is 0 Å². The van der Waals surface area contributed by atoms with Gasteiger partial charge in [0.1, 0.15) is 5.69 Å². The summed E-state index contributed by atoms with van der Waals surface area (Å²) in [5.41, 5.74) is 1.50. The summed E-state index contributed by atoms with van der Waals surface area (Å²) in [5, 5.41) is 3.21. The summed E-state index contributed by atoms with van der Waals surface area (Å²) in [5.74, 6) is 0. The van der Waals surface area contributed by atoms with Crippen molar-refractivity contribution in [2.24, 2.45) is 0 Å². The first kappa shape index (κ1) is 13.9. The van der Waals surface area contributed by atoms with Crippen molar-refractivity contribution in [3.8, 4) is 0 Å². The van der Waals surface area contributed by atoms with Crippen LogP contribution in [0.15, 0.2) is 34.4 Å².